The standard InChI is InChI=1S/C20H17FN2O3/c21-15-8-6-14(7-9-15)20(24)23-11-10-17-18(12-23)26-19(22-17)13-25-16-4-2-1-3-5-16/h1-9H,10-13H2. The Hall–Kier alpha value is -3.15. The molecule has 5 nitrogen and oxygen atoms in total. The molecule has 2 aromatic carbocycles. The molecule has 0 fully saturated rings. The minimum absolute atomic E-state index is 0.144. The Morgan fingerprint density at radius 1 is 1.15 bits per heavy atom. The Morgan fingerprint density at radius 2 is 1.92 bits per heavy atom. The van der Waals surface area contributed by atoms with Gasteiger partial charge in [-0.2, -0.15) is 0 Å². The number of aromatic nitrogens is 1. The molecule has 1 aliphatic rings. The Bertz CT molecular complexity index is 907. The van der Waals surface area contributed by atoms with Crippen LogP contribution in [0.5, 0.6) is 5.75 Å². The summed E-state index contributed by atoms with van der Waals surface area (Å²) in [4.78, 5) is 18.7. The van der Waals surface area contributed by atoms with Crippen molar-refractivity contribution in [3.05, 3.63) is 83.3 Å². The van der Waals surface area contributed by atoms with Crippen molar-refractivity contribution in [2.24, 2.45) is 0 Å². The van der Waals surface area contributed by atoms with Crippen LogP contribution in [-0.4, -0.2) is 22.3 Å². The lowest BCUT2D eigenvalue weighted by atomic mass is 10.1. The van der Waals surface area contributed by atoms with Gasteiger partial charge in [0.05, 0.1) is 12.2 Å². The molecule has 0 bridgehead atoms. The van der Waals surface area contributed by atoms with Gasteiger partial charge in [-0.25, -0.2) is 9.37 Å². The van der Waals surface area contributed by atoms with E-state index in [0.29, 0.717) is 36.7 Å². The van der Waals surface area contributed by atoms with Gasteiger partial charge >= 0.3 is 0 Å². The van der Waals surface area contributed by atoms with Crippen LogP contribution in [0.15, 0.2) is 59.0 Å². The predicted molar refractivity (Wildman–Crippen MR) is 92.1 cm³/mol. The number of oxazole rings is 1. The van der Waals surface area contributed by atoms with Crippen molar-refractivity contribution in [1.82, 2.24) is 9.88 Å². The molecule has 0 aliphatic carbocycles. The van der Waals surface area contributed by atoms with Crippen LogP contribution in [0, 0.1) is 5.82 Å². The number of nitrogens with zero attached hydrogens (tertiary/aromatic N) is 2. The first-order chi connectivity index (χ1) is 12.7. The number of carbonyl (C=O) groups is 1. The molecule has 0 N–H and O–H groups in total. The highest BCUT2D eigenvalue weighted by molar-refractivity contribution is 5.94. The van der Waals surface area contributed by atoms with Crippen molar-refractivity contribution in [2.75, 3.05) is 6.54 Å². The quantitative estimate of drug-likeness (QED) is 0.720. The van der Waals surface area contributed by atoms with E-state index >= 15 is 0 Å². The third kappa shape index (κ3) is 3.44. The van der Waals surface area contributed by atoms with Crippen LogP contribution in [0.25, 0.3) is 0 Å². The number of carbonyl (C=O) groups excluding carboxylic acids is 1. The summed E-state index contributed by atoms with van der Waals surface area (Å²) in [7, 11) is 0. The van der Waals surface area contributed by atoms with Crippen LogP contribution in [0.3, 0.4) is 0 Å². The van der Waals surface area contributed by atoms with Gasteiger partial charge in [0.2, 0.25) is 5.89 Å². The summed E-state index contributed by atoms with van der Waals surface area (Å²) in [5.41, 5.74) is 1.32. The molecule has 1 aliphatic heterocycles. The van der Waals surface area contributed by atoms with E-state index in [1.54, 1.807) is 4.90 Å². The van der Waals surface area contributed by atoms with Gasteiger partial charge in [-0.15, -0.1) is 0 Å². The first-order valence-corrected chi connectivity index (χ1v) is 8.39. The predicted octanol–water partition coefficient (Wildman–Crippen LogP) is 3.59. The second kappa shape index (κ2) is 7.00. The van der Waals surface area contributed by atoms with Gasteiger partial charge in [-0.05, 0) is 36.4 Å². The molecule has 1 amide bonds. The highest BCUT2D eigenvalue weighted by Crippen LogP contribution is 2.22. The molecule has 1 aromatic heterocycles. The summed E-state index contributed by atoms with van der Waals surface area (Å²) in [6, 6.07) is 15.0. The molecule has 132 valence electrons. The minimum atomic E-state index is -0.360. The number of halogens is 1. The topological polar surface area (TPSA) is 55.6 Å². The molecule has 0 spiro atoms. The maximum Gasteiger partial charge on any atom is 0.254 e. The Labute approximate surface area is 150 Å². The van der Waals surface area contributed by atoms with E-state index in [-0.39, 0.29) is 18.3 Å². The van der Waals surface area contributed by atoms with Crippen LogP contribution in [0.2, 0.25) is 0 Å². The molecule has 26 heavy (non-hydrogen) atoms. The van der Waals surface area contributed by atoms with Crippen molar-refractivity contribution in [3.8, 4) is 5.75 Å². The number of ether oxygens (including phenoxy) is 1. The van der Waals surface area contributed by atoms with E-state index in [1.165, 1.54) is 24.3 Å². The Kier molecular flexibility index (Phi) is 4.39. The molecule has 0 radical (unpaired) electrons. The SMILES string of the molecule is O=C(c1ccc(F)cc1)N1CCc2nc(COc3ccccc3)oc2C1. The van der Waals surface area contributed by atoms with Gasteiger partial charge in [0.1, 0.15) is 17.3 Å². The van der Waals surface area contributed by atoms with Gasteiger partial charge < -0.3 is 14.1 Å². The maximum absolute atomic E-state index is 13.0. The number of amides is 1. The fourth-order valence-electron chi connectivity index (χ4n) is 2.92. The highest BCUT2D eigenvalue weighted by atomic mass is 19.1. The molecule has 4 rings (SSSR count). The number of benzene rings is 2. The second-order valence-electron chi connectivity index (χ2n) is 6.06. The number of hydrogen-bond acceptors (Lipinski definition) is 4. The third-order valence-electron chi connectivity index (χ3n) is 4.26. The van der Waals surface area contributed by atoms with Gasteiger partial charge in [0.15, 0.2) is 6.61 Å². The molecule has 0 saturated carbocycles. The lowest BCUT2D eigenvalue weighted by Crippen LogP contribution is -2.35. The number of hydrogen-bond donors (Lipinski definition) is 0. The van der Waals surface area contributed by atoms with Crippen LogP contribution in [0.4, 0.5) is 4.39 Å². The Balaban J connectivity index is 1.43. The molecule has 3 aromatic rings. The largest absolute Gasteiger partial charge is 0.484 e. The lowest BCUT2D eigenvalue weighted by molar-refractivity contribution is 0.0718. The van der Waals surface area contributed by atoms with Crippen LogP contribution < -0.4 is 4.74 Å². The zero-order valence-electron chi connectivity index (χ0n) is 14.0. The van der Waals surface area contributed by atoms with E-state index in [4.69, 9.17) is 9.15 Å². The van der Waals surface area contributed by atoms with Gasteiger partial charge in [-0.3, -0.25) is 4.79 Å². The summed E-state index contributed by atoms with van der Waals surface area (Å²) >= 11 is 0. The summed E-state index contributed by atoms with van der Waals surface area (Å²) < 4.78 is 24.5. The summed E-state index contributed by atoms with van der Waals surface area (Å²) in [6.07, 6.45) is 0.622. The van der Waals surface area contributed by atoms with E-state index < -0.39 is 0 Å². The fraction of sp³-hybridized carbons (Fsp3) is 0.200. The normalized spacial score (nSPS) is 13.3. The lowest BCUT2D eigenvalue weighted by Gasteiger charge is -2.25. The van der Waals surface area contributed by atoms with Crippen LogP contribution in [-0.2, 0) is 19.6 Å². The summed E-state index contributed by atoms with van der Waals surface area (Å²) in [5, 5.41) is 0. The van der Waals surface area contributed by atoms with Crippen molar-refractivity contribution >= 4 is 5.91 Å². The van der Waals surface area contributed by atoms with E-state index in [1.807, 2.05) is 30.3 Å². The molecule has 6 heteroatoms. The Morgan fingerprint density at radius 3 is 2.69 bits per heavy atom. The number of para-hydroxylation sites is 1. The summed E-state index contributed by atoms with van der Waals surface area (Å²) in [5.74, 6) is 1.42. The molecule has 0 saturated heterocycles. The molecule has 0 unspecified atom stereocenters. The van der Waals surface area contributed by atoms with Crippen molar-refractivity contribution in [3.63, 3.8) is 0 Å². The minimum Gasteiger partial charge on any atom is -0.484 e. The van der Waals surface area contributed by atoms with Crippen LogP contribution in [0.1, 0.15) is 27.7 Å². The summed E-state index contributed by atoms with van der Waals surface area (Å²) in [6.45, 7) is 1.14. The smallest absolute Gasteiger partial charge is 0.254 e. The molecular weight excluding hydrogens is 335 g/mol. The van der Waals surface area contributed by atoms with Gasteiger partial charge in [-0.1, -0.05) is 18.2 Å². The molecule has 0 atom stereocenters. The average molecular weight is 352 g/mol. The zero-order valence-corrected chi connectivity index (χ0v) is 14.0. The highest BCUT2D eigenvalue weighted by Gasteiger charge is 2.26. The van der Waals surface area contributed by atoms with Gasteiger partial charge in [0, 0.05) is 18.5 Å². The van der Waals surface area contributed by atoms with Crippen molar-refractivity contribution in [1.29, 1.82) is 0 Å². The first kappa shape index (κ1) is 16.3. The van der Waals surface area contributed by atoms with E-state index in [9.17, 15) is 9.18 Å². The van der Waals surface area contributed by atoms with Crippen molar-refractivity contribution < 1.29 is 18.3 Å². The number of fused-ring (bicyclic) bond motifs is 1. The number of rotatable bonds is 4. The first-order valence-electron chi connectivity index (χ1n) is 8.39. The second-order valence-corrected chi connectivity index (χ2v) is 6.06. The monoisotopic (exact) mass is 352 g/mol. The fourth-order valence-corrected chi connectivity index (χ4v) is 2.92. The third-order valence-corrected chi connectivity index (χ3v) is 4.26. The maximum atomic E-state index is 13.0. The van der Waals surface area contributed by atoms with E-state index in [2.05, 4.69) is 4.98 Å². The van der Waals surface area contributed by atoms with Crippen molar-refractivity contribution in [2.45, 2.75) is 19.6 Å². The van der Waals surface area contributed by atoms with Gasteiger partial charge in [0.25, 0.3) is 5.91 Å². The molecule has 2 heterocycles. The van der Waals surface area contributed by atoms with Crippen LogP contribution >= 0.6 is 0 Å². The van der Waals surface area contributed by atoms with E-state index in [0.717, 1.165) is 11.4 Å². The average Bonchev–Trinajstić information content (AvgIpc) is 3.09. The zero-order chi connectivity index (χ0) is 17.9. The molecular formula is C20H17FN2O3.